The van der Waals surface area contributed by atoms with Gasteiger partial charge >= 0.3 is 0 Å². The minimum Gasteiger partial charge on any atom is -0.496 e. The van der Waals surface area contributed by atoms with Crippen molar-refractivity contribution in [3.63, 3.8) is 0 Å². The fraction of sp³-hybridized carbons (Fsp3) is 0.538. The van der Waals surface area contributed by atoms with Crippen LogP contribution in [0.15, 0.2) is 12.1 Å². The van der Waals surface area contributed by atoms with E-state index in [-0.39, 0.29) is 11.5 Å². The molecule has 2 nitrogen and oxygen atoms in total. The molecule has 0 bridgehead atoms. The highest BCUT2D eigenvalue weighted by molar-refractivity contribution is 6.31. The highest BCUT2D eigenvalue weighted by Gasteiger charge is 2.47. The Labute approximate surface area is 102 Å². The van der Waals surface area contributed by atoms with Crippen LogP contribution in [0.1, 0.15) is 30.9 Å². The summed E-state index contributed by atoms with van der Waals surface area (Å²) < 4.78 is 5.34. The SMILES string of the molecule is COc1cc(C2(C(C)N)CC2)cc(Cl)c1C. The molecule has 1 aliphatic carbocycles. The molecule has 0 saturated heterocycles. The maximum absolute atomic E-state index is 6.22. The van der Waals surface area contributed by atoms with Gasteiger partial charge in [-0.05, 0) is 44.4 Å². The van der Waals surface area contributed by atoms with Crippen LogP contribution in [0.5, 0.6) is 5.75 Å². The Morgan fingerprint density at radius 1 is 1.44 bits per heavy atom. The van der Waals surface area contributed by atoms with Crippen LogP contribution in [0.25, 0.3) is 0 Å². The van der Waals surface area contributed by atoms with Crippen LogP contribution >= 0.6 is 11.6 Å². The lowest BCUT2D eigenvalue weighted by Gasteiger charge is -2.22. The first kappa shape index (κ1) is 11.7. The minimum atomic E-state index is 0.130. The lowest BCUT2D eigenvalue weighted by atomic mass is 9.89. The van der Waals surface area contributed by atoms with Crippen molar-refractivity contribution in [3.8, 4) is 5.75 Å². The molecule has 1 unspecified atom stereocenters. The molecule has 0 heterocycles. The lowest BCUT2D eigenvalue weighted by Crippen LogP contribution is -2.31. The van der Waals surface area contributed by atoms with Crippen molar-refractivity contribution >= 4 is 11.6 Å². The first-order chi connectivity index (χ1) is 7.51. The normalized spacial score (nSPS) is 19.3. The molecule has 1 atom stereocenters. The molecule has 0 amide bonds. The van der Waals surface area contributed by atoms with Crippen molar-refractivity contribution in [2.24, 2.45) is 5.73 Å². The maximum Gasteiger partial charge on any atom is 0.123 e. The zero-order chi connectivity index (χ0) is 11.9. The van der Waals surface area contributed by atoms with E-state index in [9.17, 15) is 0 Å². The molecule has 0 radical (unpaired) electrons. The largest absolute Gasteiger partial charge is 0.496 e. The molecule has 16 heavy (non-hydrogen) atoms. The van der Waals surface area contributed by atoms with E-state index >= 15 is 0 Å². The average Bonchev–Trinajstić information content (AvgIpc) is 3.02. The van der Waals surface area contributed by atoms with E-state index in [0.717, 1.165) is 29.2 Å². The van der Waals surface area contributed by atoms with Gasteiger partial charge in [-0.2, -0.15) is 0 Å². The topological polar surface area (TPSA) is 35.2 Å². The molecule has 3 heteroatoms. The standard InChI is InChI=1S/C13H18ClNO/c1-8-11(14)6-10(7-12(8)16-3)13(4-5-13)9(2)15/h6-7,9H,4-5,15H2,1-3H3. The fourth-order valence-corrected chi connectivity index (χ4v) is 2.51. The number of ether oxygens (including phenoxy) is 1. The van der Waals surface area contributed by atoms with E-state index in [1.807, 2.05) is 13.0 Å². The van der Waals surface area contributed by atoms with Crippen LogP contribution in [0, 0.1) is 6.92 Å². The Balaban J connectivity index is 2.47. The van der Waals surface area contributed by atoms with E-state index < -0.39 is 0 Å². The Morgan fingerprint density at radius 2 is 2.06 bits per heavy atom. The summed E-state index contributed by atoms with van der Waals surface area (Å²) in [5.41, 5.74) is 8.40. The van der Waals surface area contributed by atoms with Gasteiger partial charge in [-0.15, -0.1) is 0 Å². The Hall–Kier alpha value is -0.730. The van der Waals surface area contributed by atoms with Crippen LogP contribution in [0.4, 0.5) is 0 Å². The molecular weight excluding hydrogens is 222 g/mol. The van der Waals surface area contributed by atoms with E-state index in [2.05, 4.69) is 13.0 Å². The molecule has 0 aromatic heterocycles. The molecule has 1 fully saturated rings. The van der Waals surface area contributed by atoms with Gasteiger partial charge in [0.15, 0.2) is 0 Å². The highest BCUT2D eigenvalue weighted by atomic mass is 35.5. The zero-order valence-corrected chi connectivity index (χ0v) is 10.8. The second-order valence-electron chi connectivity index (χ2n) is 4.73. The summed E-state index contributed by atoms with van der Waals surface area (Å²) in [4.78, 5) is 0. The third kappa shape index (κ3) is 1.70. The number of rotatable bonds is 3. The van der Waals surface area contributed by atoms with Gasteiger partial charge in [-0.3, -0.25) is 0 Å². The Bertz CT molecular complexity index is 411. The summed E-state index contributed by atoms with van der Waals surface area (Å²) in [6.45, 7) is 4.03. The van der Waals surface area contributed by atoms with E-state index in [0.29, 0.717) is 0 Å². The second kappa shape index (κ2) is 3.94. The quantitative estimate of drug-likeness (QED) is 0.880. The predicted molar refractivity (Wildman–Crippen MR) is 67.3 cm³/mol. The molecule has 0 spiro atoms. The number of hydrogen-bond acceptors (Lipinski definition) is 2. The molecule has 1 aromatic rings. The third-order valence-corrected chi connectivity index (χ3v) is 4.14. The van der Waals surface area contributed by atoms with Crippen LogP contribution in [0.2, 0.25) is 5.02 Å². The van der Waals surface area contributed by atoms with E-state index in [4.69, 9.17) is 22.1 Å². The summed E-state index contributed by atoms with van der Waals surface area (Å²) in [6.07, 6.45) is 2.29. The van der Waals surface area contributed by atoms with Crippen molar-refractivity contribution in [3.05, 3.63) is 28.3 Å². The fourth-order valence-electron chi connectivity index (χ4n) is 2.29. The number of nitrogens with two attached hydrogens (primary N) is 1. The summed E-state index contributed by atoms with van der Waals surface area (Å²) in [5.74, 6) is 0.856. The van der Waals surface area contributed by atoms with Gasteiger partial charge in [0.25, 0.3) is 0 Å². The zero-order valence-electron chi connectivity index (χ0n) is 10.0. The summed E-state index contributed by atoms with van der Waals surface area (Å²) in [6, 6.07) is 4.28. The van der Waals surface area contributed by atoms with Crippen molar-refractivity contribution in [1.29, 1.82) is 0 Å². The van der Waals surface area contributed by atoms with Gasteiger partial charge in [0.05, 0.1) is 7.11 Å². The van der Waals surface area contributed by atoms with E-state index in [1.54, 1.807) is 7.11 Å². The number of methoxy groups -OCH3 is 1. The summed E-state index contributed by atoms with van der Waals surface area (Å²) in [7, 11) is 1.67. The smallest absolute Gasteiger partial charge is 0.123 e. The molecule has 2 rings (SSSR count). The van der Waals surface area contributed by atoms with Gasteiger partial charge in [0.1, 0.15) is 5.75 Å². The molecule has 1 aromatic carbocycles. The number of benzene rings is 1. The van der Waals surface area contributed by atoms with Gasteiger partial charge in [0.2, 0.25) is 0 Å². The lowest BCUT2D eigenvalue weighted by molar-refractivity contribution is 0.410. The van der Waals surface area contributed by atoms with Crippen molar-refractivity contribution in [2.45, 2.75) is 38.1 Å². The number of halogens is 1. The number of hydrogen-bond donors (Lipinski definition) is 1. The van der Waals surface area contributed by atoms with Crippen LogP contribution in [-0.4, -0.2) is 13.2 Å². The van der Waals surface area contributed by atoms with Crippen LogP contribution in [0.3, 0.4) is 0 Å². The summed E-state index contributed by atoms with van der Waals surface area (Å²) in [5, 5.41) is 0.765. The van der Waals surface area contributed by atoms with Gasteiger partial charge in [0, 0.05) is 22.0 Å². The van der Waals surface area contributed by atoms with Crippen molar-refractivity contribution < 1.29 is 4.74 Å². The molecule has 88 valence electrons. The maximum atomic E-state index is 6.22. The van der Waals surface area contributed by atoms with E-state index in [1.165, 1.54) is 5.56 Å². The van der Waals surface area contributed by atoms with Gasteiger partial charge in [-0.25, -0.2) is 0 Å². The molecule has 2 N–H and O–H groups in total. The first-order valence-corrected chi connectivity index (χ1v) is 5.99. The van der Waals surface area contributed by atoms with Crippen molar-refractivity contribution in [2.75, 3.05) is 7.11 Å². The first-order valence-electron chi connectivity index (χ1n) is 5.61. The Kier molecular flexibility index (Phi) is 2.89. The predicted octanol–water partition coefficient (Wildman–Crippen LogP) is 3.04. The highest BCUT2D eigenvalue weighted by Crippen LogP contribution is 2.51. The second-order valence-corrected chi connectivity index (χ2v) is 5.14. The summed E-state index contributed by atoms with van der Waals surface area (Å²) >= 11 is 6.22. The van der Waals surface area contributed by atoms with Crippen LogP contribution in [-0.2, 0) is 5.41 Å². The van der Waals surface area contributed by atoms with Gasteiger partial charge < -0.3 is 10.5 Å². The molecular formula is C13H18ClNO. The monoisotopic (exact) mass is 239 g/mol. The molecule has 1 saturated carbocycles. The Morgan fingerprint density at radius 3 is 2.50 bits per heavy atom. The molecule has 1 aliphatic rings. The third-order valence-electron chi connectivity index (χ3n) is 3.75. The molecule has 0 aliphatic heterocycles. The van der Waals surface area contributed by atoms with Crippen molar-refractivity contribution in [1.82, 2.24) is 0 Å². The van der Waals surface area contributed by atoms with Gasteiger partial charge in [-0.1, -0.05) is 11.6 Å². The minimum absolute atomic E-state index is 0.130. The van der Waals surface area contributed by atoms with Crippen LogP contribution < -0.4 is 10.5 Å². The average molecular weight is 240 g/mol.